The Morgan fingerprint density at radius 1 is 1.29 bits per heavy atom. The van der Waals surface area contributed by atoms with Crippen molar-refractivity contribution in [2.75, 3.05) is 13.1 Å². The van der Waals surface area contributed by atoms with E-state index in [1.807, 2.05) is 0 Å². The molecule has 0 spiro atoms. The van der Waals surface area contributed by atoms with E-state index in [-0.39, 0.29) is 12.4 Å². The molecule has 1 aliphatic rings. The minimum atomic E-state index is 0. The highest BCUT2D eigenvalue weighted by molar-refractivity contribution is 5.85. The van der Waals surface area contributed by atoms with Crippen molar-refractivity contribution < 1.29 is 0 Å². The normalized spacial score (nSPS) is 20.6. The fraction of sp³-hybridized carbons (Fsp3) is 0.571. The topological polar surface area (TPSA) is 29.3 Å². The van der Waals surface area contributed by atoms with E-state index in [2.05, 4.69) is 43.0 Å². The first-order valence-electron chi connectivity index (χ1n) is 6.22. The SMILES string of the molecule is CC(C)c1ccc(CN2CCC(N)C2)cc1.Cl. The summed E-state index contributed by atoms with van der Waals surface area (Å²) in [4.78, 5) is 2.44. The Bertz CT molecular complexity index is 335. The number of benzene rings is 1. The van der Waals surface area contributed by atoms with E-state index < -0.39 is 0 Å². The molecule has 1 aliphatic heterocycles. The first-order valence-corrected chi connectivity index (χ1v) is 6.22. The molecule has 1 heterocycles. The molecule has 0 saturated carbocycles. The molecule has 96 valence electrons. The highest BCUT2D eigenvalue weighted by atomic mass is 35.5. The maximum absolute atomic E-state index is 5.90. The Labute approximate surface area is 111 Å². The molecular formula is C14H23ClN2. The van der Waals surface area contributed by atoms with Gasteiger partial charge >= 0.3 is 0 Å². The lowest BCUT2D eigenvalue weighted by Crippen LogP contribution is -2.26. The standard InChI is InChI=1S/C14H22N2.ClH/c1-11(2)13-5-3-12(4-6-13)9-16-8-7-14(15)10-16;/h3-6,11,14H,7-10,15H2,1-2H3;1H. The smallest absolute Gasteiger partial charge is 0.0234 e. The first-order chi connectivity index (χ1) is 7.65. The third kappa shape index (κ3) is 3.98. The zero-order valence-corrected chi connectivity index (χ0v) is 11.5. The van der Waals surface area contributed by atoms with Crippen LogP contribution in [0, 0.1) is 0 Å². The second-order valence-corrected chi connectivity index (χ2v) is 5.18. The molecule has 0 radical (unpaired) electrons. The predicted octanol–water partition coefficient (Wildman–Crippen LogP) is 2.76. The van der Waals surface area contributed by atoms with Gasteiger partial charge in [-0.1, -0.05) is 38.1 Å². The molecule has 1 aromatic rings. The van der Waals surface area contributed by atoms with Gasteiger partial charge in [0.2, 0.25) is 0 Å². The summed E-state index contributed by atoms with van der Waals surface area (Å²) < 4.78 is 0. The summed E-state index contributed by atoms with van der Waals surface area (Å²) in [5, 5.41) is 0. The van der Waals surface area contributed by atoms with E-state index in [0.29, 0.717) is 12.0 Å². The molecule has 2 rings (SSSR count). The number of hydrogen-bond donors (Lipinski definition) is 1. The second kappa shape index (κ2) is 6.39. The minimum Gasteiger partial charge on any atom is -0.326 e. The summed E-state index contributed by atoms with van der Waals surface area (Å²) in [6.45, 7) is 7.70. The molecule has 0 amide bonds. The van der Waals surface area contributed by atoms with E-state index in [4.69, 9.17) is 5.73 Å². The third-order valence-corrected chi connectivity index (χ3v) is 3.36. The molecule has 0 bridgehead atoms. The lowest BCUT2D eigenvalue weighted by molar-refractivity contribution is 0.327. The van der Waals surface area contributed by atoms with E-state index in [1.54, 1.807) is 0 Å². The molecule has 3 heteroatoms. The molecule has 1 saturated heterocycles. The third-order valence-electron chi connectivity index (χ3n) is 3.36. The van der Waals surface area contributed by atoms with Crippen molar-refractivity contribution in [2.24, 2.45) is 5.73 Å². The fourth-order valence-electron chi connectivity index (χ4n) is 2.27. The Morgan fingerprint density at radius 2 is 1.94 bits per heavy atom. The average Bonchev–Trinajstić information content (AvgIpc) is 2.65. The highest BCUT2D eigenvalue weighted by Crippen LogP contribution is 2.17. The lowest BCUT2D eigenvalue weighted by Gasteiger charge is -2.15. The van der Waals surface area contributed by atoms with Gasteiger partial charge in [-0.2, -0.15) is 0 Å². The Balaban J connectivity index is 0.00000144. The van der Waals surface area contributed by atoms with E-state index in [1.165, 1.54) is 11.1 Å². The Morgan fingerprint density at radius 3 is 2.41 bits per heavy atom. The summed E-state index contributed by atoms with van der Waals surface area (Å²) in [5.74, 6) is 0.620. The van der Waals surface area contributed by atoms with Gasteiger partial charge in [0.25, 0.3) is 0 Å². The highest BCUT2D eigenvalue weighted by Gasteiger charge is 2.18. The van der Waals surface area contributed by atoms with E-state index in [0.717, 1.165) is 26.1 Å². The van der Waals surface area contributed by atoms with Gasteiger partial charge in [-0.3, -0.25) is 4.90 Å². The van der Waals surface area contributed by atoms with Crippen molar-refractivity contribution in [3.63, 3.8) is 0 Å². The quantitative estimate of drug-likeness (QED) is 0.899. The van der Waals surface area contributed by atoms with Crippen LogP contribution in [0.1, 0.15) is 37.3 Å². The van der Waals surface area contributed by atoms with Crippen LogP contribution in [-0.2, 0) is 6.54 Å². The van der Waals surface area contributed by atoms with Crippen molar-refractivity contribution in [2.45, 2.75) is 38.8 Å². The number of nitrogens with zero attached hydrogens (tertiary/aromatic N) is 1. The minimum absolute atomic E-state index is 0. The van der Waals surface area contributed by atoms with Gasteiger partial charge in [0.15, 0.2) is 0 Å². The average molecular weight is 255 g/mol. The maximum atomic E-state index is 5.90. The van der Waals surface area contributed by atoms with Crippen LogP contribution in [0.4, 0.5) is 0 Å². The summed E-state index contributed by atoms with van der Waals surface area (Å²) in [5.41, 5.74) is 8.72. The molecule has 0 aliphatic carbocycles. The Kier molecular flexibility index (Phi) is 5.44. The van der Waals surface area contributed by atoms with E-state index >= 15 is 0 Å². The molecule has 2 N–H and O–H groups in total. The van der Waals surface area contributed by atoms with E-state index in [9.17, 15) is 0 Å². The second-order valence-electron chi connectivity index (χ2n) is 5.18. The number of likely N-dealkylation sites (tertiary alicyclic amines) is 1. The fourth-order valence-corrected chi connectivity index (χ4v) is 2.27. The van der Waals surface area contributed by atoms with Crippen LogP contribution in [0.3, 0.4) is 0 Å². The van der Waals surface area contributed by atoms with Gasteiger partial charge in [0, 0.05) is 25.7 Å². The maximum Gasteiger partial charge on any atom is 0.0234 e. The number of nitrogens with two attached hydrogens (primary N) is 1. The first kappa shape index (κ1) is 14.5. The molecule has 17 heavy (non-hydrogen) atoms. The zero-order valence-electron chi connectivity index (χ0n) is 10.7. The summed E-state index contributed by atoms with van der Waals surface area (Å²) in [6.07, 6.45) is 1.14. The van der Waals surface area contributed by atoms with Crippen LogP contribution < -0.4 is 5.73 Å². The summed E-state index contributed by atoms with van der Waals surface area (Å²) >= 11 is 0. The van der Waals surface area contributed by atoms with Crippen LogP contribution in [-0.4, -0.2) is 24.0 Å². The van der Waals surface area contributed by atoms with Crippen molar-refractivity contribution in [1.29, 1.82) is 0 Å². The van der Waals surface area contributed by atoms with Gasteiger partial charge < -0.3 is 5.73 Å². The number of hydrogen-bond acceptors (Lipinski definition) is 2. The molecule has 1 atom stereocenters. The summed E-state index contributed by atoms with van der Waals surface area (Å²) in [7, 11) is 0. The largest absolute Gasteiger partial charge is 0.326 e. The molecule has 2 nitrogen and oxygen atoms in total. The number of halogens is 1. The summed E-state index contributed by atoms with van der Waals surface area (Å²) in [6, 6.07) is 9.37. The van der Waals surface area contributed by atoms with Gasteiger partial charge in [-0.05, 0) is 23.5 Å². The van der Waals surface area contributed by atoms with Crippen molar-refractivity contribution >= 4 is 12.4 Å². The zero-order chi connectivity index (χ0) is 11.5. The van der Waals surface area contributed by atoms with Gasteiger partial charge in [0.1, 0.15) is 0 Å². The number of rotatable bonds is 3. The van der Waals surface area contributed by atoms with Crippen molar-refractivity contribution in [1.82, 2.24) is 4.90 Å². The Hall–Kier alpha value is -0.570. The predicted molar refractivity (Wildman–Crippen MR) is 75.6 cm³/mol. The van der Waals surface area contributed by atoms with Crippen LogP contribution >= 0.6 is 12.4 Å². The van der Waals surface area contributed by atoms with Crippen LogP contribution in [0.2, 0.25) is 0 Å². The molecular weight excluding hydrogens is 232 g/mol. The van der Waals surface area contributed by atoms with Gasteiger partial charge in [-0.15, -0.1) is 12.4 Å². The lowest BCUT2D eigenvalue weighted by atomic mass is 10.0. The molecule has 1 fully saturated rings. The van der Waals surface area contributed by atoms with Gasteiger partial charge in [-0.25, -0.2) is 0 Å². The molecule has 1 aromatic carbocycles. The van der Waals surface area contributed by atoms with Crippen LogP contribution in [0.25, 0.3) is 0 Å². The van der Waals surface area contributed by atoms with Gasteiger partial charge in [0.05, 0.1) is 0 Å². The molecule has 1 unspecified atom stereocenters. The van der Waals surface area contributed by atoms with Crippen LogP contribution in [0.15, 0.2) is 24.3 Å². The van der Waals surface area contributed by atoms with Crippen molar-refractivity contribution in [3.8, 4) is 0 Å². The molecule has 0 aromatic heterocycles. The van der Waals surface area contributed by atoms with Crippen molar-refractivity contribution in [3.05, 3.63) is 35.4 Å². The van der Waals surface area contributed by atoms with Crippen LogP contribution in [0.5, 0.6) is 0 Å². The monoisotopic (exact) mass is 254 g/mol.